The average Bonchev–Trinajstić information content (AvgIpc) is 2.71. The Balaban J connectivity index is 2.91. The van der Waals surface area contributed by atoms with Crippen molar-refractivity contribution in [3.8, 4) is 0 Å². The van der Waals surface area contributed by atoms with Crippen molar-refractivity contribution in [2.24, 2.45) is 11.8 Å². The van der Waals surface area contributed by atoms with Gasteiger partial charge < -0.3 is 4.74 Å². The van der Waals surface area contributed by atoms with Crippen molar-refractivity contribution < 1.29 is 31.1 Å². The molecule has 1 fully saturated rings. The average molecular weight is 343 g/mol. The minimum atomic E-state index is -5.41. The fourth-order valence-electron chi connectivity index (χ4n) is 2.97. The van der Waals surface area contributed by atoms with E-state index in [2.05, 4.69) is 6.58 Å². The molecule has 0 aromatic heterocycles. The predicted molar refractivity (Wildman–Crippen MR) is 74.2 cm³/mol. The molecule has 0 aromatic carbocycles. The van der Waals surface area contributed by atoms with Crippen LogP contribution < -0.4 is 4.72 Å². The second-order valence-electron chi connectivity index (χ2n) is 5.58. The Labute approximate surface area is 128 Å². The van der Waals surface area contributed by atoms with E-state index in [9.17, 15) is 26.4 Å². The Morgan fingerprint density at radius 3 is 2.55 bits per heavy atom. The van der Waals surface area contributed by atoms with Gasteiger partial charge in [-0.15, -0.1) is 0 Å². The molecule has 1 unspecified atom stereocenters. The van der Waals surface area contributed by atoms with E-state index >= 15 is 0 Å². The van der Waals surface area contributed by atoms with E-state index in [1.807, 2.05) is 6.92 Å². The molecule has 1 aliphatic carbocycles. The first-order valence-corrected chi connectivity index (χ1v) is 8.37. The summed E-state index contributed by atoms with van der Waals surface area (Å²) in [5.41, 5.74) is -6.33. The highest BCUT2D eigenvalue weighted by Crippen LogP contribution is 2.44. The van der Waals surface area contributed by atoms with Crippen LogP contribution in [0.3, 0.4) is 0 Å². The van der Waals surface area contributed by atoms with E-state index in [0.29, 0.717) is 19.3 Å². The van der Waals surface area contributed by atoms with Crippen LogP contribution in [0.1, 0.15) is 33.1 Å². The summed E-state index contributed by atoms with van der Waals surface area (Å²) in [4.78, 5) is 11.5. The Morgan fingerprint density at radius 1 is 1.50 bits per heavy atom. The van der Waals surface area contributed by atoms with Gasteiger partial charge in [-0.2, -0.15) is 13.2 Å². The van der Waals surface area contributed by atoms with Gasteiger partial charge >= 0.3 is 21.5 Å². The molecule has 9 heteroatoms. The molecule has 22 heavy (non-hydrogen) atoms. The maximum atomic E-state index is 12.4. The molecule has 1 rings (SSSR count). The lowest BCUT2D eigenvalue weighted by molar-refractivity contribution is -0.158. The first kappa shape index (κ1) is 19.0. The molecule has 0 saturated heterocycles. The minimum Gasteiger partial charge on any atom is -0.456 e. The Bertz CT molecular complexity index is 532. The van der Waals surface area contributed by atoms with Gasteiger partial charge in [0, 0.05) is 18.5 Å². The largest absolute Gasteiger partial charge is 0.511 e. The Hall–Kier alpha value is -1.09. The van der Waals surface area contributed by atoms with Crippen molar-refractivity contribution in [2.45, 2.75) is 44.2 Å². The van der Waals surface area contributed by atoms with Crippen LogP contribution >= 0.6 is 0 Å². The van der Waals surface area contributed by atoms with Crippen molar-refractivity contribution in [2.75, 3.05) is 6.54 Å². The molecule has 3 atom stereocenters. The monoisotopic (exact) mass is 343 g/mol. The van der Waals surface area contributed by atoms with E-state index in [1.54, 1.807) is 11.6 Å². The van der Waals surface area contributed by atoms with Gasteiger partial charge in [0.1, 0.15) is 5.60 Å². The van der Waals surface area contributed by atoms with E-state index in [1.165, 1.54) is 0 Å². The van der Waals surface area contributed by atoms with E-state index < -0.39 is 39.6 Å². The third kappa shape index (κ3) is 4.01. The summed E-state index contributed by atoms with van der Waals surface area (Å²) in [5, 5.41) is 0. The highest BCUT2D eigenvalue weighted by Gasteiger charge is 2.50. The fourth-order valence-corrected chi connectivity index (χ4v) is 3.56. The molecule has 0 aliphatic heterocycles. The molecule has 0 bridgehead atoms. The molecule has 0 radical (unpaired) electrons. The standard InChI is InChI=1S/C13H20F3NO4S/c1-4-11(18)21-12(5-2)7-9(3)6-10(12)8-17-22(19,20)13(14,15)16/h4,9-10,17H,1,5-8H2,2-3H3/t9-,10+,12?/m1/s1. The third-order valence-electron chi connectivity index (χ3n) is 4.02. The van der Waals surface area contributed by atoms with Crippen LogP contribution in [0.15, 0.2) is 12.7 Å². The number of alkyl halides is 3. The lowest BCUT2D eigenvalue weighted by atomic mass is 9.88. The molecule has 1 N–H and O–H groups in total. The van der Waals surface area contributed by atoms with Gasteiger partial charge in [0.15, 0.2) is 0 Å². The van der Waals surface area contributed by atoms with Crippen molar-refractivity contribution >= 4 is 16.0 Å². The number of halogens is 3. The number of sulfonamides is 1. The maximum absolute atomic E-state index is 12.4. The molecule has 0 spiro atoms. The number of carbonyl (C=O) groups is 1. The van der Waals surface area contributed by atoms with Crippen LogP contribution in [0.5, 0.6) is 0 Å². The molecule has 0 heterocycles. The number of nitrogens with one attached hydrogen (secondary N) is 1. The van der Waals surface area contributed by atoms with Gasteiger partial charge in [-0.1, -0.05) is 20.4 Å². The quantitative estimate of drug-likeness (QED) is 0.593. The van der Waals surface area contributed by atoms with Gasteiger partial charge in [0.25, 0.3) is 0 Å². The fraction of sp³-hybridized carbons (Fsp3) is 0.769. The number of rotatable bonds is 6. The zero-order valence-corrected chi connectivity index (χ0v) is 13.3. The zero-order chi connectivity index (χ0) is 17.2. The highest BCUT2D eigenvalue weighted by atomic mass is 32.2. The van der Waals surface area contributed by atoms with Crippen LogP contribution in [0, 0.1) is 11.8 Å². The van der Waals surface area contributed by atoms with Crippen LogP contribution in [0.25, 0.3) is 0 Å². The normalized spacial score (nSPS) is 29.3. The number of hydrogen-bond donors (Lipinski definition) is 1. The first-order chi connectivity index (χ1) is 9.97. The molecule has 0 amide bonds. The molecule has 128 valence electrons. The van der Waals surface area contributed by atoms with Crippen molar-refractivity contribution in [1.29, 1.82) is 0 Å². The van der Waals surface area contributed by atoms with Gasteiger partial charge in [-0.25, -0.2) is 17.9 Å². The number of hydrogen-bond acceptors (Lipinski definition) is 4. The van der Waals surface area contributed by atoms with Crippen molar-refractivity contribution in [1.82, 2.24) is 4.72 Å². The molecule has 1 saturated carbocycles. The Kier molecular flexibility index (Phi) is 5.66. The minimum absolute atomic E-state index is 0.109. The van der Waals surface area contributed by atoms with Crippen LogP contribution in [-0.2, 0) is 19.6 Å². The zero-order valence-electron chi connectivity index (χ0n) is 12.4. The summed E-state index contributed by atoms with van der Waals surface area (Å²) < 4.78 is 66.3. The molecular formula is C13H20F3NO4S. The lowest BCUT2D eigenvalue weighted by Gasteiger charge is -2.34. The lowest BCUT2D eigenvalue weighted by Crippen LogP contribution is -2.46. The second-order valence-corrected chi connectivity index (χ2v) is 7.34. The third-order valence-corrected chi connectivity index (χ3v) is 5.17. The maximum Gasteiger partial charge on any atom is 0.511 e. The van der Waals surface area contributed by atoms with Gasteiger partial charge in [0.2, 0.25) is 0 Å². The number of carbonyl (C=O) groups excluding carboxylic acids is 1. The van der Waals surface area contributed by atoms with E-state index in [4.69, 9.17) is 4.74 Å². The van der Waals surface area contributed by atoms with Crippen LogP contribution in [0.4, 0.5) is 13.2 Å². The molecule has 5 nitrogen and oxygen atoms in total. The van der Waals surface area contributed by atoms with Gasteiger partial charge in [0.05, 0.1) is 0 Å². The summed E-state index contributed by atoms with van der Waals surface area (Å²) in [6, 6.07) is 0. The van der Waals surface area contributed by atoms with Crippen LogP contribution in [0.2, 0.25) is 0 Å². The second kappa shape index (κ2) is 6.57. The highest BCUT2D eigenvalue weighted by molar-refractivity contribution is 7.90. The molecule has 1 aliphatic rings. The summed E-state index contributed by atoms with van der Waals surface area (Å²) in [5.74, 6) is -1.08. The summed E-state index contributed by atoms with van der Waals surface area (Å²) >= 11 is 0. The number of esters is 1. The van der Waals surface area contributed by atoms with E-state index in [-0.39, 0.29) is 5.92 Å². The predicted octanol–water partition coefficient (Wildman–Crippen LogP) is 2.35. The molecular weight excluding hydrogens is 323 g/mol. The topological polar surface area (TPSA) is 72.5 Å². The van der Waals surface area contributed by atoms with E-state index in [0.717, 1.165) is 6.08 Å². The van der Waals surface area contributed by atoms with Gasteiger partial charge in [-0.05, 0) is 25.2 Å². The summed E-state index contributed by atoms with van der Waals surface area (Å²) in [6.07, 6.45) is 2.31. The first-order valence-electron chi connectivity index (χ1n) is 6.88. The van der Waals surface area contributed by atoms with Crippen molar-refractivity contribution in [3.05, 3.63) is 12.7 Å². The summed E-state index contributed by atoms with van der Waals surface area (Å²) in [7, 11) is -5.41. The van der Waals surface area contributed by atoms with Gasteiger partial charge in [-0.3, -0.25) is 0 Å². The van der Waals surface area contributed by atoms with Crippen LogP contribution in [-0.4, -0.2) is 32.0 Å². The Morgan fingerprint density at radius 2 is 2.09 bits per heavy atom. The SMILES string of the molecule is C=CC(=O)OC1(CC)C[C@H](C)C[C@H]1CNS(=O)(=O)C(F)(F)F. The van der Waals surface area contributed by atoms with Crippen molar-refractivity contribution in [3.63, 3.8) is 0 Å². The number of ether oxygens (including phenoxy) is 1. The smallest absolute Gasteiger partial charge is 0.456 e. The molecule has 0 aromatic rings. The summed E-state index contributed by atoms with van der Waals surface area (Å²) in [6.45, 7) is 6.50.